The second-order valence-corrected chi connectivity index (χ2v) is 5.72. The van der Waals surface area contributed by atoms with Gasteiger partial charge in [0.25, 0.3) is 0 Å². The molecule has 0 saturated heterocycles. The Balaban J connectivity index is 2.38. The van der Waals surface area contributed by atoms with E-state index < -0.39 is 11.4 Å². The third-order valence-electron chi connectivity index (χ3n) is 3.09. The minimum atomic E-state index is -0.960. The largest absolute Gasteiger partial charge is 0.481 e. The first-order chi connectivity index (χ1) is 9.31. The number of carboxylic acids is 1. The fourth-order valence-electron chi connectivity index (χ4n) is 1.69. The number of carboxylic acid groups (broad SMARTS) is 1. The van der Waals surface area contributed by atoms with Gasteiger partial charge >= 0.3 is 5.97 Å². The van der Waals surface area contributed by atoms with Gasteiger partial charge in [-0.05, 0) is 42.8 Å². The molecule has 2 rings (SSSR count). The third-order valence-corrected chi connectivity index (χ3v) is 3.49. The lowest BCUT2D eigenvalue weighted by Gasteiger charge is -2.19. The second kappa shape index (κ2) is 5.20. The van der Waals surface area contributed by atoms with Crippen molar-refractivity contribution in [1.29, 1.82) is 0 Å². The van der Waals surface area contributed by atoms with E-state index in [9.17, 15) is 9.90 Å². The molecule has 6 nitrogen and oxygen atoms in total. The van der Waals surface area contributed by atoms with Crippen LogP contribution in [0.15, 0.2) is 18.2 Å². The van der Waals surface area contributed by atoms with Gasteiger partial charge in [0.2, 0.25) is 0 Å². The highest BCUT2D eigenvalue weighted by molar-refractivity contribution is 6.31. The number of nitrogens with zero attached hydrogens (tertiary/aromatic N) is 4. The van der Waals surface area contributed by atoms with Gasteiger partial charge in [0.05, 0.1) is 12.0 Å². The molecular formula is C13H15ClN4O2. The summed E-state index contributed by atoms with van der Waals surface area (Å²) in [6.07, 6.45) is 0. The van der Waals surface area contributed by atoms with Crippen LogP contribution in [0.1, 0.15) is 19.4 Å². The molecule has 1 aromatic heterocycles. The van der Waals surface area contributed by atoms with E-state index in [0.29, 0.717) is 10.8 Å². The van der Waals surface area contributed by atoms with Crippen molar-refractivity contribution in [3.8, 4) is 11.4 Å². The number of hydrogen-bond acceptors (Lipinski definition) is 4. The zero-order valence-electron chi connectivity index (χ0n) is 11.5. The molecule has 106 valence electrons. The Hall–Kier alpha value is -1.95. The lowest BCUT2D eigenvalue weighted by Crippen LogP contribution is -2.30. The molecule has 0 fully saturated rings. The molecule has 1 N–H and O–H groups in total. The predicted octanol–water partition coefficient (Wildman–Crippen LogP) is 2.41. The van der Waals surface area contributed by atoms with Crippen LogP contribution in [0, 0.1) is 12.3 Å². The van der Waals surface area contributed by atoms with Crippen LogP contribution in [0.2, 0.25) is 5.02 Å². The summed E-state index contributed by atoms with van der Waals surface area (Å²) in [6.45, 7) is 5.34. The predicted molar refractivity (Wildman–Crippen MR) is 74.4 cm³/mol. The number of rotatable bonds is 4. The molecule has 0 atom stereocenters. The Morgan fingerprint density at radius 3 is 2.75 bits per heavy atom. The molecule has 0 amide bonds. The minimum Gasteiger partial charge on any atom is -0.481 e. The van der Waals surface area contributed by atoms with Crippen LogP contribution in [0.25, 0.3) is 11.4 Å². The number of hydrogen-bond donors (Lipinski definition) is 1. The first-order valence-electron chi connectivity index (χ1n) is 6.07. The Kier molecular flexibility index (Phi) is 3.76. The van der Waals surface area contributed by atoms with Crippen molar-refractivity contribution in [2.24, 2.45) is 5.41 Å². The molecule has 0 spiro atoms. The van der Waals surface area contributed by atoms with E-state index in [-0.39, 0.29) is 6.54 Å². The molecule has 0 bridgehead atoms. The van der Waals surface area contributed by atoms with Crippen molar-refractivity contribution in [2.45, 2.75) is 27.3 Å². The van der Waals surface area contributed by atoms with Gasteiger partial charge in [-0.15, -0.1) is 5.10 Å². The number of tetrazole rings is 1. The molecule has 1 heterocycles. The van der Waals surface area contributed by atoms with Gasteiger partial charge in [0.1, 0.15) is 0 Å². The van der Waals surface area contributed by atoms with Crippen LogP contribution in [-0.2, 0) is 11.3 Å². The van der Waals surface area contributed by atoms with Gasteiger partial charge in [-0.2, -0.15) is 0 Å². The molecule has 0 unspecified atom stereocenters. The van der Waals surface area contributed by atoms with Gasteiger partial charge in [-0.25, -0.2) is 4.68 Å². The molecule has 0 aliphatic rings. The summed E-state index contributed by atoms with van der Waals surface area (Å²) in [5.74, 6) is -0.401. The Labute approximate surface area is 121 Å². The van der Waals surface area contributed by atoms with E-state index in [1.54, 1.807) is 19.9 Å². The van der Waals surface area contributed by atoms with E-state index in [1.807, 2.05) is 19.1 Å². The third kappa shape index (κ3) is 2.80. The molecule has 7 heteroatoms. The van der Waals surface area contributed by atoms with Gasteiger partial charge in [0, 0.05) is 10.6 Å². The Morgan fingerprint density at radius 2 is 2.15 bits per heavy atom. The standard InChI is InChI=1S/C13H15ClN4O2/c1-8-4-5-9(6-10(8)14)11-15-16-17-18(11)7-13(2,3)12(19)20/h4-6H,7H2,1-3H3,(H,19,20). The fourth-order valence-corrected chi connectivity index (χ4v) is 1.87. The number of halogens is 1. The van der Waals surface area contributed by atoms with Crippen LogP contribution in [0.5, 0.6) is 0 Å². The van der Waals surface area contributed by atoms with Crippen LogP contribution < -0.4 is 0 Å². The quantitative estimate of drug-likeness (QED) is 0.936. The average Bonchev–Trinajstić information content (AvgIpc) is 2.80. The maximum absolute atomic E-state index is 11.2. The molecule has 0 aliphatic heterocycles. The number of aryl methyl sites for hydroxylation is 1. The first kappa shape index (κ1) is 14.5. The van der Waals surface area contributed by atoms with Crippen LogP contribution in [0.3, 0.4) is 0 Å². The molecule has 1 aromatic carbocycles. The molecule has 2 aromatic rings. The average molecular weight is 295 g/mol. The normalized spacial score (nSPS) is 11.6. The SMILES string of the molecule is Cc1ccc(-c2nnnn2CC(C)(C)C(=O)O)cc1Cl. The van der Waals surface area contributed by atoms with Crippen LogP contribution >= 0.6 is 11.6 Å². The lowest BCUT2D eigenvalue weighted by molar-refractivity contribution is -0.147. The first-order valence-corrected chi connectivity index (χ1v) is 6.45. The number of benzene rings is 1. The monoisotopic (exact) mass is 294 g/mol. The van der Waals surface area contributed by atoms with Crippen molar-refractivity contribution < 1.29 is 9.90 Å². The van der Waals surface area contributed by atoms with Crippen molar-refractivity contribution in [3.05, 3.63) is 28.8 Å². The van der Waals surface area contributed by atoms with Crippen molar-refractivity contribution in [1.82, 2.24) is 20.2 Å². The van der Waals surface area contributed by atoms with Crippen molar-refractivity contribution in [3.63, 3.8) is 0 Å². The Bertz CT molecular complexity index is 652. The maximum Gasteiger partial charge on any atom is 0.310 e. The highest BCUT2D eigenvalue weighted by atomic mass is 35.5. The smallest absolute Gasteiger partial charge is 0.310 e. The van der Waals surface area contributed by atoms with Gasteiger partial charge in [-0.1, -0.05) is 23.7 Å². The zero-order valence-corrected chi connectivity index (χ0v) is 12.2. The lowest BCUT2D eigenvalue weighted by atomic mass is 9.94. The van der Waals surface area contributed by atoms with E-state index in [4.69, 9.17) is 11.6 Å². The van der Waals surface area contributed by atoms with Crippen molar-refractivity contribution >= 4 is 17.6 Å². The highest BCUT2D eigenvalue weighted by Gasteiger charge is 2.29. The second-order valence-electron chi connectivity index (χ2n) is 5.31. The summed E-state index contributed by atoms with van der Waals surface area (Å²) >= 11 is 6.09. The number of carbonyl (C=O) groups is 1. The molecule has 0 radical (unpaired) electrons. The highest BCUT2D eigenvalue weighted by Crippen LogP contribution is 2.25. The van der Waals surface area contributed by atoms with E-state index in [0.717, 1.165) is 11.1 Å². The van der Waals surface area contributed by atoms with E-state index in [1.165, 1.54) is 4.68 Å². The minimum absolute atomic E-state index is 0.177. The summed E-state index contributed by atoms with van der Waals surface area (Å²) in [6, 6.07) is 5.50. The summed E-state index contributed by atoms with van der Waals surface area (Å²) < 4.78 is 1.48. The Morgan fingerprint density at radius 1 is 1.45 bits per heavy atom. The summed E-state index contributed by atoms with van der Waals surface area (Å²) in [4.78, 5) is 11.2. The fraction of sp³-hybridized carbons (Fsp3) is 0.385. The molecule has 20 heavy (non-hydrogen) atoms. The van der Waals surface area contributed by atoms with E-state index >= 15 is 0 Å². The zero-order chi connectivity index (χ0) is 14.9. The van der Waals surface area contributed by atoms with Gasteiger partial charge in [-0.3, -0.25) is 4.79 Å². The summed E-state index contributed by atoms with van der Waals surface area (Å²) in [7, 11) is 0. The van der Waals surface area contributed by atoms with E-state index in [2.05, 4.69) is 15.5 Å². The van der Waals surface area contributed by atoms with Gasteiger partial charge < -0.3 is 5.11 Å². The summed E-state index contributed by atoms with van der Waals surface area (Å²) in [5, 5.41) is 21.2. The van der Waals surface area contributed by atoms with Crippen LogP contribution in [0.4, 0.5) is 0 Å². The molecule has 0 saturated carbocycles. The molecule has 0 aliphatic carbocycles. The van der Waals surface area contributed by atoms with Crippen molar-refractivity contribution in [2.75, 3.05) is 0 Å². The number of aliphatic carboxylic acids is 1. The summed E-state index contributed by atoms with van der Waals surface area (Å²) in [5.41, 5.74) is 0.755. The maximum atomic E-state index is 11.2. The topological polar surface area (TPSA) is 80.9 Å². The van der Waals surface area contributed by atoms with Crippen LogP contribution in [-0.4, -0.2) is 31.3 Å². The van der Waals surface area contributed by atoms with Gasteiger partial charge in [0.15, 0.2) is 5.82 Å². The number of aromatic nitrogens is 4. The molecular weight excluding hydrogens is 280 g/mol.